The predicted octanol–water partition coefficient (Wildman–Crippen LogP) is 2.35. The molecule has 144 valence electrons. The van der Waals surface area contributed by atoms with E-state index in [2.05, 4.69) is 0 Å². The number of carbonyl (C=O) groups excluding carboxylic acids is 3. The highest BCUT2D eigenvalue weighted by atomic mass is 16.5. The number of Topliss-reactive ketones (excluding diaryl/α,β-unsaturated/α-hetero) is 1. The molecule has 1 atom stereocenters. The Morgan fingerprint density at radius 3 is 2.64 bits per heavy atom. The molecule has 0 saturated heterocycles. The van der Waals surface area contributed by atoms with Crippen LogP contribution in [0.5, 0.6) is 11.5 Å². The van der Waals surface area contributed by atoms with Crippen molar-refractivity contribution < 1.29 is 23.9 Å². The molecule has 0 fully saturated rings. The van der Waals surface area contributed by atoms with Gasteiger partial charge in [0.15, 0.2) is 18.5 Å². The predicted molar refractivity (Wildman–Crippen MR) is 103 cm³/mol. The minimum atomic E-state index is -0.663. The topological polar surface area (TPSA) is 76.2 Å². The summed E-state index contributed by atoms with van der Waals surface area (Å²) < 4.78 is 11.1. The average molecular weight is 380 g/mol. The number of nitrogens with zero attached hydrogens (tertiary/aromatic N) is 2. The van der Waals surface area contributed by atoms with Crippen LogP contribution >= 0.6 is 0 Å². The van der Waals surface area contributed by atoms with Gasteiger partial charge in [-0.2, -0.15) is 0 Å². The number of aryl methyl sites for hydroxylation is 1. The number of ketones is 1. The number of rotatable bonds is 3. The van der Waals surface area contributed by atoms with E-state index in [-0.39, 0.29) is 30.7 Å². The smallest absolute Gasteiger partial charge is 0.268 e. The van der Waals surface area contributed by atoms with Crippen molar-refractivity contribution in [2.75, 3.05) is 30.0 Å². The minimum absolute atomic E-state index is 0.0207. The maximum absolute atomic E-state index is 13.0. The number of fused-ring (bicyclic) bond motifs is 2. The largest absolute Gasteiger partial charge is 0.482 e. The SMILES string of the molecule is Cc1ccc2c(c1)N(CC(=O)c1ccc3c(c1)N(C)C(=O)CO3)C(=O)C(C)O2. The normalized spacial score (nSPS) is 18.2. The van der Waals surface area contributed by atoms with E-state index >= 15 is 0 Å². The summed E-state index contributed by atoms with van der Waals surface area (Å²) in [7, 11) is 1.64. The lowest BCUT2D eigenvalue weighted by atomic mass is 10.1. The summed E-state index contributed by atoms with van der Waals surface area (Å²) in [6.45, 7) is 3.45. The van der Waals surface area contributed by atoms with Gasteiger partial charge in [0.1, 0.15) is 11.5 Å². The molecule has 0 aromatic heterocycles. The van der Waals surface area contributed by atoms with E-state index < -0.39 is 6.10 Å². The number of anilines is 2. The standard InChI is InChI=1S/C21H20N2O5/c1-12-4-6-19-16(8-12)23(21(26)13(2)28-19)10-17(24)14-5-7-18-15(9-14)22(3)20(25)11-27-18/h4-9,13H,10-11H2,1-3H3. The Morgan fingerprint density at radius 1 is 1.11 bits per heavy atom. The minimum Gasteiger partial charge on any atom is -0.482 e. The van der Waals surface area contributed by atoms with Crippen molar-refractivity contribution in [1.29, 1.82) is 0 Å². The first-order chi connectivity index (χ1) is 13.3. The monoisotopic (exact) mass is 380 g/mol. The third-order valence-corrected chi connectivity index (χ3v) is 4.99. The third kappa shape index (κ3) is 2.98. The van der Waals surface area contributed by atoms with Gasteiger partial charge in [-0.1, -0.05) is 6.07 Å². The van der Waals surface area contributed by atoms with Gasteiger partial charge in [-0.15, -0.1) is 0 Å². The number of benzene rings is 2. The summed E-state index contributed by atoms with van der Waals surface area (Å²) in [5.74, 6) is 0.452. The van der Waals surface area contributed by atoms with Crippen molar-refractivity contribution >= 4 is 29.0 Å². The summed E-state index contributed by atoms with van der Waals surface area (Å²) >= 11 is 0. The maximum Gasteiger partial charge on any atom is 0.268 e. The molecular formula is C21H20N2O5. The molecule has 2 aliphatic rings. The number of amides is 2. The van der Waals surface area contributed by atoms with Gasteiger partial charge in [-0.25, -0.2) is 0 Å². The van der Waals surface area contributed by atoms with Gasteiger partial charge in [-0.05, 0) is 49.7 Å². The van der Waals surface area contributed by atoms with Crippen molar-refractivity contribution in [3.63, 3.8) is 0 Å². The lowest BCUT2D eigenvalue weighted by molar-refractivity contribution is -0.125. The van der Waals surface area contributed by atoms with Crippen LogP contribution in [0.2, 0.25) is 0 Å². The van der Waals surface area contributed by atoms with Gasteiger partial charge in [0.2, 0.25) is 0 Å². The van der Waals surface area contributed by atoms with E-state index in [0.29, 0.717) is 28.4 Å². The number of ether oxygens (including phenoxy) is 2. The van der Waals surface area contributed by atoms with Crippen molar-refractivity contribution in [2.45, 2.75) is 20.0 Å². The molecule has 7 heteroatoms. The van der Waals surface area contributed by atoms with E-state index in [9.17, 15) is 14.4 Å². The van der Waals surface area contributed by atoms with E-state index in [1.165, 1.54) is 9.80 Å². The van der Waals surface area contributed by atoms with E-state index in [4.69, 9.17) is 9.47 Å². The fourth-order valence-electron chi connectivity index (χ4n) is 3.36. The molecular weight excluding hydrogens is 360 g/mol. The molecule has 0 bridgehead atoms. The highest BCUT2D eigenvalue weighted by molar-refractivity contribution is 6.09. The number of likely N-dealkylation sites (N-methyl/N-ethyl adjacent to an activating group) is 1. The first-order valence-electron chi connectivity index (χ1n) is 9.00. The molecule has 2 aromatic carbocycles. The lowest BCUT2D eigenvalue weighted by Crippen LogP contribution is -2.46. The van der Waals surface area contributed by atoms with Crippen LogP contribution in [0.25, 0.3) is 0 Å². The number of hydrogen-bond donors (Lipinski definition) is 0. The van der Waals surface area contributed by atoms with Crippen LogP contribution < -0.4 is 19.3 Å². The quantitative estimate of drug-likeness (QED) is 0.764. The number of carbonyl (C=O) groups is 3. The van der Waals surface area contributed by atoms with Gasteiger partial charge < -0.3 is 14.4 Å². The van der Waals surface area contributed by atoms with Gasteiger partial charge in [0.05, 0.1) is 17.9 Å². The zero-order valence-corrected chi connectivity index (χ0v) is 15.9. The highest BCUT2D eigenvalue weighted by Gasteiger charge is 2.33. The summed E-state index contributed by atoms with van der Waals surface area (Å²) in [5, 5.41) is 0. The molecule has 4 rings (SSSR count). The molecule has 0 N–H and O–H groups in total. The number of hydrogen-bond acceptors (Lipinski definition) is 5. The molecule has 0 spiro atoms. The molecule has 2 aromatic rings. The zero-order valence-electron chi connectivity index (χ0n) is 15.9. The van der Waals surface area contributed by atoms with Crippen LogP contribution in [0.4, 0.5) is 11.4 Å². The van der Waals surface area contributed by atoms with Crippen LogP contribution in [0.1, 0.15) is 22.8 Å². The Bertz CT molecular complexity index is 1000. The fraction of sp³-hybridized carbons (Fsp3) is 0.286. The molecule has 0 radical (unpaired) electrons. The van der Waals surface area contributed by atoms with E-state index in [0.717, 1.165) is 5.56 Å². The Balaban J connectivity index is 1.65. The van der Waals surface area contributed by atoms with Crippen molar-refractivity contribution in [1.82, 2.24) is 0 Å². The fourth-order valence-corrected chi connectivity index (χ4v) is 3.36. The molecule has 2 aliphatic heterocycles. The molecule has 0 saturated carbocycles. The second-order valence-electron chi connectivity index (χ2n) is 7.00. The first kappa shape index (κ1) is 18.0. The summed E-state index contributed by atoms with van der Waals surface area (Å²) in [6.07, 6.45) is -0.663. The molecule has 1 unspecified atom stereocenters. The second-order valence-corrected chi connectivity index (χ2v) is 7.00. The zero-order chi connectivity index (χ0) is 20.0. The third-order valence-electron chi connectivity index (χ3n) is 4.99. The van der Waals surface area contributed by atoms with Gasteiger partial charge in [-0.3, -0.25) is 19.3 Å². The van der Waals surface area contributed by atoms with Crippen LogP contribution in [0, 0.1) is 6.92 Å². The highest BCUT2D eigenvalue weighted by Crippen LogP contribution is 2.36. The Labute approximate surface area is 162 Å². The van der Waals surface area contributed by atoms with Crippen molar-refractivity contribution in [3.8, 4) is 11.5 Å². The summed E-state index contributed by atoms with van der Waals surface area (Å²) in [5.41, 5.74) is 2.50. The van der Waals surface area contributed by atoms with Crippen LogP contribution in [-0.4, -0.2) is 43.9 Å². The van der Waals surface area contributed by atoms with Crippen LogP contribution in [0.3, 0.4) is 0 Å². The molecule has 0 aliphatic carbocycles. The van der Waals surface area contributed by atoms with E-state index in [1.54, 1.807) is 32.2 Å². The van der Waals surface area contributed by atoms with Gasteiger partial charge >= 0.3 is 0 Å². The summed E-state index contributed by atoms with van der Waals surface area (Å²) in [4.78, 5) is 40.4. The van der Waals surface area contributed by atoms with Crippen molar-refractivity contribution in [3.05, 3.63) is 47.5 Å². The van der Waals surface area contributed by atoms with Gasteiger partial charge in [0, 0.05) is 12.6 Å². The molecule has 2 heterocycles. The molecule has 2 amide bonds. The van der Waals surface area contributed by atoms with Crippen molar-refractivity contribution in [2.24, 2.45) is 0 Å². The Morgan fingerprint density at radius 2 is 1.86 bits per heavy atom. The average Bonchev–Trinajstić information content (AvgIpc) is 2.68. The Kier molecular flexibility index (Phi) is 4.30. The van der Waals surface area contributed by atoms with E-state index in [1.807, 2.05) is 25.1 Å². The maximum atomic E-state index is 13.0. The second kappa shape index (κ2) is 6.67. The van der Waals surface area contributed by atoms with Gasteiger partial charge in [0.25, 0.3) is 11.8 Å². The summed E-state index contributed by atoms with van der Waals surface area (Å²) in [6, 6.07) is 10.5. The Hall–Kier alpha value is -3.35. The lowest BCUT2D eigenvalue weighted by Gasteiger charge is -2.33. The van der Waals surface area contributed by atoms with Crippen LogP contribution in [-0.2, 0) is 9.59 Å². The van der Waals surface area contributed by atoms with Crippen LogP contribution in [0.15, 0.2) is 36.4 Å². The first-order valence-corrected chi connectivity index (χ1v) is 9.00. The molecule has 28 heavy (non-hydrogen) atoms. The molecule has 7 nitrogen and oxygen atoms in total.